The number of nitrogens with two attached hydrogens (primary N) is 1. The monoisotopic (exact) mass is 212 g/mol. The molecule has 1 saturated carbocycles. The molecule has 0 radical (unpaired) electrons. The lowest BCUT2D eigenvalue weighted by atomic mass is 10.1. The SMILES string of the molecule is CC[C@@H](C)N(C(=O)CCN)C1CCCC1. The normalized spacial score (nSPS) is 19.1. The number of hydrogen-bond donors (Lipinski definition) is 1. The molecule has 3 nitrogen and oxygen atoms in total. The first-order valence-electron chi connectivity index (χ1n) is 6.22. The zero-order valence-corrected chi connectivity index (χ0v) is 10.0. The van der Waals surface area contributed by atoms with Gasteiger partial charge < -0.3 is 10.6 Å². The molecule has 15 heavy (non-hydrogen) atoms. The summed E-state index contributed by atoms with van der Waals surface area (Å²) < 4.78 is 0. The third kappa shape index (κ3) is 3.20. The van der Waals surface area contributed by atoms with Crippen molar-refractivity contribution in [3.63, 3.8) is 0 Å². The summed E-state index contributed by atoms with van der Waals surface area (Å²) in [6, 6.07) is 0.853. The van der Waals surface area contributed by atoms with Crippen LogP contribution >= 0.6 is 0 Å². The standard InChI is InChI=1S/C12H24N2O/c1-3-10(2)14(12(15)8-9-13)11-6-4-5-7-11/h10-11H,3-9,13H2,1-2H3/t10-/m1/s1. The van der Waals surface area contributed by atoms with Gasteiger partial charge in [-0.2, -0.15) is 0 Å². The van der Waals surface area contributed by atoms with Crippen LogP contribution in [-0.2, 0) is 4.79 Å². The van der Waals surface area contributed by atoms with Crippen molar-refractivity contribution in [2.24, 2.45) is 5.73 Å². The van der Waals surface area contributed by atoms with Crippen molar-refractivity contribution in [3.05, 3.63) is 0 Å². The van der Waals surface area contributed by atoms with Crippen LogP contribution in [0.2, 0.25) is 0 Å². The Morgan fingerprint density at radius 3 is 2.53 bits per heavy atom. The molecule has 2 N–H and O–H groups in total. The Morgan fingerprint density at radius 2 is 2.07 bits per heavy atom. The Labute approximate surface area is 93.0 Å². The molecule has 1 rings (SSSR count). The third-order valence-corrected chi connectivity index (χ3v) is 3.43. The molecule has 0 unspecified atom stereocenters. The fourth-order valence-corrected chi connectivity index (χ4v) is 2.44. The van der Waals surface area contributed by atoms with E-state index in [1.807, 2.05) is 0 Å². The van der Waals surface area contributed by atoms with E-state index in [2.05, 4.69) is 18.7 Å². The molecule has 0 bridgehead atoms. The van der Waals surface area contributed by atoms with E-state index >= 15 is 0 Å². The van der Waals surface area contributed by atoms with Crippen molar-refractivity contribution in [2.75, 3.05) is 6.54 Å². The van der Waals surface area contributed by atoms with Crippen LogP contribution < -0.4 is 5.73 Å². The Hall–Kier alpha value is -0.570. The van der Waals surface area contributed by atoms with Crippen LogP contribution in [-0.4, -0.2) is 29.4 Å². The second kappa shape index (κ2) is 6.11. The Bertz CT molecular complexity index is 200. The Morgan fingerprint density at radius 1 is 1.47 bits per heavy atom. The second-order valence-electron chi connectivity index (χ2n) is 4.54. The van der Waals surface area contributed by atoms with Gasteiger partial charge in [-0.3, -0.25) is 4.79 Å². The van der Waals surface area contributed by atoms with Crippen molar-refractivity contribution in [1.82, 2.24) is 4.90 Å². The quantitative estimate of drug-likeness (QED) is 0.756. The van der Waals surface area contributed by atoms with E-state index in [0.717, 1.165) is 6.42 Å². The smallest absolute Gasteiger partial charge is 0.224 e. The topological polar surface area (TPSA) is 46.3 Å². The number of amides is 1. The first-order chi connectivity index (χ1) is 7.20. The summed E-state index contributed by atoms with van der Waals surface area (Å²) in [5.74, 6) is 0.249. The molecular formula is C12H24N2O. The lowest BCUT2D eigenvalue weighted by molar-refractivity contribution is -0.135. The molecule has 0 aromatic heterocycles. The van der Waals surface area contributed by atoms with Gasteiger partial charge in [-0.1, -0.05) is 19.8 Å². The van der Waals surface area contributed by atoms with E-state index in [4.69, 9.17) is 5.73 Å². The van der Waals surface area contributed by atoms with Gasteiger partial charge in [0, 0.05) is 25.0 Å². The molecule has 0 aromatic carbocycles. The highest BCUT2D eigenvalue weighted by molar-refractivity contribution is 5.77. The van der Waals surface area contributed by atoms with E-state index in [0.29, 0.717) is 25.0 Å². The maximum absolute atomic E-state index is 12.0. The molecule has 0 aliphatic heterocycles. The van der Waals surface area contributed by atoms with Crippen LogP contribution in [0, 0.1) is 0 Å². The van der Waals surface area contributed by atoms with Crippen LogP contribution in [0.3, 0.4) is 0 Å². The average Bonchev–Trinajstić information content (AvgIpc) is 2.71. The number of carbonyl (C=O) groups excluding carboxylic acids is 1. The fourth-order valence-electron chi connectivity index (χ4n) is 2.44. The number of hydrogen-bond acceptors (Lipinski definition) is 2. The van der Waals surface area contributed by atoms with Crippen LogP contribution in [0.25, 0.3) is 0 Å². The highest BCUT2D eigenvalue weighted by atomic mass is 16.2. The molecule has 0 aromatic rings. The van der Waals surface area contributed by atoms with Gasteiger partial charge in [0.05, 0.1) is 0 Å². The molecule has 0 heterocycles. The largest absolute Gasteiger partial charge is 0.337 e. The van der Waals surface area contributed by atoms with Gasteiger partial charge in [0.1, 0.15) is 0 Å². The van der Waals surface area contributed by atoms with Crippen LogP contribution in [0.15, 0.2) is 0 Å². The van der Waals surface area contributed by atoms with Crippen LogP contribution in [0.1, 0.15) is 52.4 Å². The van der Waals surface area contributed by atoms with Gasteiger partial charge in [0.15, 0.2) is 0 Å². The van der Waals surface area contributed by atoms with E-state index in [9.17, 15) is 4.79 Å². The maximum Gasteiger partial charge on any atom is 0.224 e. The molecule has 3 heteroatoms. The molecule has 1 atom stereocenters. The predicted molar refractivity (Wildman–Crippen MR) is 62.5 cm³/mol. The van der Waals surface area contributed by atoms with Gasteiger partial charge in [-0.05, 0) is 26.2 Å². The fraction of sp³-hybridized carbons (Fsp3) is 0.917. The number of nitrogens with zero attached hydrogens (tertiary/aromatic N) is 1. The van der Waals surface area contributed by atoms with Crippen molar-refractivity contribution in [2.45, 2.75) is 64.5 Å². The minimum Gasteiger partial charge on any atom is -0.337 e. The lowest BCUT2D eigenvalue weighted by Crippen LogP contribution is -2.45. The van der Waals surface area contributed by atoms with Crippen LogP contribution in [0.5, 0.6) is 0 Å². The number of rotatable bonds is 5. The maximum atomic E-state index is 12.0. The summed E-state index contributed by atoms with van der Waals surface area (Å²) in [5.41, 5.74) is 5.46. The molecule has 1 aliphatic rings. The van der Waals surface area contributed by atoms with E-state index < -0.39 is 0 Å². The van der Waals surface area contributed by atoms with Gasteiger partial charge >= 0.3 is 0 Å². The lowest BCUT2D eigenvalue weighted by Gasteiger charge is -2.34. The van der Waals surface area contributed by atoms with Crippen molar-refractivity contribution < 1.29 is 4.79 Å². The molecule has 88 valence electrons. The minimum atomic E-state index is 0.249. The molecule has 1 aliphatic carbocycles. The first-order valence-corrected chi connectivity index (χ1v) is 6.22. The number of carbonyl (C=O) groups is 1. The summed E-state index contributed by atoms with van der Waals surface area (Å²) in [5, 5.41) is 0. The molecule has 0 saturated heterocycles. The van der Waals surface area contributed by atoms with E-state index in [1.54, 1.807) is 0 Å². The zero-order chi connectivity index (χ0) is 11.3. The van der Waals surface area contributed by atoms with Crippen molar-refractivity contribution in [1.29, 1.82) is 0 Å². The zero-order valence-electron chi connectivity index (χ0n) is 10.0. The van der Waals surface area contributed by atoms with Gasteiger partial charge in [-0.15, -0.1) is 0 Å². The van der Waals surface area contributed by atoms with E-state index in [1.165, 1.54) is 25.7 Å². The second-order valence-corrected chi connectivity index (χ2v) is 4.54. The Kier molecular flexibility index (Phi) is 5.09. The average molecular weight is 212 g/mol. The summed E-state index contributed by atoms with van der Waals surface area (Å²) in [6.07, 6.45) is 6.44. The molecule has 1 amide bonds. The van der Waals surface area contributed by atoms with E-state index in [-0.39, 0.29) is 5.91 Å². The van der Waals surface area contributed by atoms with Crippen molar-refractivity contribution >= 4 is 5.91 Å². The molecular weight excluding hydrogens is 188 g/mol. The summed E-state index contributed by atoms with van der Waals surface area (Å²) in [6.45, 7) is 4.76. The summed E-state index contributed by atoms with van der Waals surface area (Å²) in [4.78, 5) is 14.1. The third-order valence-electron chi connectivity index (χ3n) is 3.43. The first kappa shape index (κ1) is 12.5. The van der Waals surface area contributed by atoms with Gasteiger partial charge in [0.2, 0.25) is 5.91 Å². The van der Waals surface area contributed by atoms with Crippen molar-refractivity contribution in [3.8, 4) is 0 Å². The summed E-state index contributed by atoms with van der Waals surface area (Å²) in [7, 11) is 0. The molecule has 0 spiro atoms. The highest BCUT2D eigenvalue weighted by Crippen LogP contribution is 2.26. The van der Waals surface area contributed by atoms with Gasteiger partial charge in [-0.25, -0.2) is 0 Å². The van der Waals surface area contributed by atoms with Gasteiger partial charge in [0.25, 0.3) is 0 Å². The Balaban J connectivity index is 2.63. The van der Waals surface area contributed by atoms with Crippen LogP contribution in [0.4, 0.5) is 0 Å². The molecule has 1 fully saturated rings. The summed E-state index contributed by atoms with van der Waals surface area (Å²) >= 11 is 0. The predicted octanol–water partition coefficient (Wildman–Crippen LogP) is 1.90. The minimum absolute atomic E-state index is 0.249. The highest BCUT2D eigenvalue weighted by Gasteiger charge is 2.28.